The van der Waals surface area contributed by atoms with Crippen molar-refractivity contribution in [3.63, 3.8) is 0 Å². The van der Waals surface area contributed by atoms with Crippen LogP contribution in [0, 0.1) is 56.7 Å². The Balaban J connectivity index is 1.54. The molecule has 0 radical (unpaired) electrons. The summed E-state index contributed by atoms with van der Waals surface area (Å²) in [7, 11) is 0. The Labute approximate surface area is 197 Å². The van der Waals surface area contributed by atoms with Gasteiger partial charge >= 0.3 is 0 Å². The zero-order chi connectivity index (χ0) is 23.3. The van der Waals surface area contributed by atoms with Crippen LogP contribution in [0.4, 0.5) is 0 Å². The van der Waals surface area contributed by atoms with Gasteiger partial charge < -0.3 is 10.2 Å². The highest BCUT2D eigenvalue weighted by molar-refractivity contribution is 5.21. The first-order valence-corrected chi connectivity index (χ1v) is 13.9. The fourth-order valence-corrected chi connectivity index (χ4v) is 11.5. The molecule has 5 rings (SSSR count). The molecule has 2 nitrogen and oxygen atoms in total. The first-order valence-electron chi connectivity index (χ1n) is 13.9. The third-order valence-corrected chi connectivity index (χ3v) is 13.6. The van der Waals surface area contributed by atoms with Gasteiger partial charge in [-0.2, -0.15) is 0 Å². The largest absolute Gasteiger partial charge is 0.516 e. The van der Waals surface area contributed by atoms with Crippen LogP contribution in [0.25, 0.3) is 0 Å². The molecule has 0 aromatic carbocycles. The number of hydrogen-bond acceptors (Lipinski definition) is 2. The van der Waals surface area contributed by atoms with Gasteiger partial charge in [0.25, 0.3) is 0 Å². The lowest BCUT2D eigenvalue weighted by atomic mass is 9.31. The lowest BCUT2D eigenvalue weighted by Gasteiger charge is -2.73. The van der Waals surface area contributed by atoms with E-state index in [4.69, 9.17) is 0 Å². The molecule has 0 bridgehead atoms. The van der Waals surface area contributed by atoms with Crippen molar-refractivity contribution in [2.75, 3.05) is 0 Å². The van der Waals surface area contributed by atoms with Crippen LogP contribution in [-0.4, -0.2) is 16.3 Å². The quantitative estimate of drug-likeness (QED) is 0.374. The number of rotatable bonds is 0. The number of fused-ring (bicyclic) bond motifs is 7. The fraction of sp³-hybridized carbons (Fsp3) is 0.933. The maximum Gasteiger partial charge on any atom is 0.0786 e. The van der Waals surface area contributed by atoms with Crippen molar-refractivity contribution in [1.82, 2.24) is 0 Å². The second kappa shape index (κ2) is 7.02. The molecule has 5 saturated carbocycles. The van der Waals surface area contributed by atoms with Crippen molar-refractivity contribution in [2.24, 2.45) is 56.7 Å². The van der Waals surface area contributed by atoms with Gasteiger partial charge in [0.1, 0.15) is 0 Å². The molecule has 10 unspecified atom stereocenters. The zero-order valence-corrected chi connectivity index (χ0v) is 22.0. The molecule has 2 heteroatoms. The molecule has 0 heterocycles. The standard InChI is InChI=1S/C30H50O2/c1-19-20(18-31)10-13-27(4)16-17-29(6)21(25(19)27)8-9-23-28(5)14-12-24(32)26(2,3)22(28)11-15-30(23,29)7/h18-19,21-25,31-32H,8-17H2,1-7H3. The summed E-state index contributed by atoms with van der Waals surface area (Å²) in [4.78, 5) is 0. The maximum absolute atomic E-state index is 10.9. The van der Waals surface area contributed by atoms with Crippen LogP contribution in [0.1, 0.15) is 113 Å². The summed E-state index contributed by atoms with van der Waals surface area (Å²) in [6.45, 7) is 17.7. The van der Waals surface area contributed by atoms with Gasteiger partial charge in [0.15, 0.2) is 0 Å². The first kappa shape index (κ1) is 23.3. The molecule has 5 fully saturated rings. The molecule has 182 valence electrons. The average Bonchev–Trinajstić information content (AvgIpc) is 2.72. The van der Waals surface area contributed by atoms with E-state index in [-0.39, 0.29) is 11.5 Å². The Morgan fingerprint density at radius 2 is 1.50 bits per heavy atom. The minimum Gasteiger partial charge on any atom is -0.516 e. The lowest BCUT2D eigenvalue weighted by Crippen LogP contribution is -2.67. The van der Waals surface area contributed by atoms with Gasteiger partial charge in [0.2, 0.25) is 0 Å². The predicted octanol–water partition coefficient (Wildman–Crippen LogP) is 7.91. The third-order valence-electron chi connectivity index (χ3n) is 13.6. The summed E-state index contributed by atoms with van der Waals surface area (Å²) in [5.41, 5.74) is 2.93. The van der Waals surface area contributed by atoms with Crippen molar-refractivity contribution >= 4 is 0 Å². The molecular weight excluding hydrogens is 392 g/mol. The van der Waals surface area contributed by atoms with Crippen molar-refractivity contribution in [3.05, 3.63) is 11.8 Å². The van der Waals surface area contributed by atoms with E-state index in [0.29, 0.717) is 39.4 Å². The number of allylic oxidation sites excluding steroid dienone is 1. The van der Waals surface area contributed by atoms with Crippen LogP contribution >= 0.6 is 0 Å². The van der Waals surface area contributed by atoms with Crippen LogP contribution in [0.5, 0.6) is 0 Å². The lowest BCUT2D eigenvalue weighted by molar-refractivity contribution is -0.252. The number of aliphatic hydroxyl groups is 2. The molecular formula is C30H50O2. The Morgan fingerprint density at radius 1 is 0.781 bits per heavy atom. The topological polar surface area (TPSA) is 40.5 Å². The van der Waals surface area contributed by atoms with E-state index in [0.717, 1.165) is 24.7 Å². The van der Waals surface area contributed by atoms with Crippen molar-refractivity contribution in [3.8, 4) is 0 Å². The maximum atomic E-state index is 10.9. The van der Waals surface area contributed by atoms with Crippen LogP contribution in [0.3, 0.4) is 0 Å². The molecule has 10 atom stereocenters. The fourth-order valence-electron chi connectivity index (χ4n) is 11.5. The molecule has 5 aliphatic carbocycles. The van der Waals surface area contributed by atoms with E-state index in [2.05, 4.69) is 48.5 Å². The Hall–Kier alpha value is -0.500. The van der Waals surface area contributed by atoms with Gasteiger partial charge in [-0.3, -0.25) is 0 Å². The van der Waals surface area contributed by atoms with Gasteiger partial charge in [0, 0.05) is 0 Å². The van der Waals surface area contributed by atoms with Gasteiger partial charge in [0.05, 0.1) is 12.4 Å². The molecule has 2 N–H and O–H groups in total. The average molecular weight is 443 g/mol. The summed E-state index contributed by atoms with van der Waals surface area (Å²) >= 11 is 0. The van der Waals surface area contributed by atoms with Gasteiger partial charge in [-0.05, 0) is 126 Å². The van der Waals surface area contributed by atoms with Gasteiger partial charge in [-0.25, -0.2) is 0 Å². The second-order valence-corrected chi connectivity index (χ2v) is 14.7. The van der Waals surface area contributed by atoms with E-state index >= 15 is 0 Å². The molecule has 0 saturated heterocycles. The van der Waals surface area contributed by atoms with Crippen LogP contribution < -0.4 is 0 Å². The molecule has 0 aliphatic heterocycles. The van der Waals surface area contributed by atoms with Gasteiger partial charge in [-0.15, -0.1) is 0 Å². The molecule has 0 aromatic heterocycles. The summed E-state index contributed by atoms with van der Waals surface area (Å²) in [5, 5.41) is 20.9. The highest BCUT2D eigenvalue weighted by atomic mass is 16.3. The van der Waals surface area contributed by atoms with E-state index in [9.17, 15) is 10.2 Å². The van der Waals surface area contributed by atoms with Crippen molar-refractivity contribution in [2.45, 2.75) is 119 Å². The molecule has 0 aromatic rings. The summed E-state index contributed by atoms with van der Waals surface area (Å²) in [6.07, 6.45) is 14.0. The highest BCUT2D eigenvalue weighted by Gasteiger charge is 2.69. The summed E-state index contributed by atoms with van der Waals surface area (Å²) < 4.78 is 0. The monoisotopic (exact) mass is 442 g/mol. The zero-order valence-electron chi connectivity index (χ0n) is 22.0. The number of aliphatic hydroxyl groups excluding tert-OH is 2. The second-order valence-electron chi connectivity index (χ2n) is 14.7. The minimum atomic E-state index is -0.140. The van der Waals surface area contributed by atoms with Crippen LogP contribution in [-0.2, 0) is 0 Å². The van der Waals surface area contributed by atoms with E-state index < -0.39 is 0 Å². The smallest absolute Gasteiger partial charge is 0.0786 e. The van der Waals surface area contributed by atoms with E-state index in [1.165, 1.54) is 63.2 Å². The molecule has 32 heavy (non-hydrogen) atoms. The van der Waals surface area contributed by atoms with E-state index in [1.54, 1.807) is 0 Å². The Morgan fingerprint density at radius 3 is 2.19 bits per heavy atom. The summed E-state index contributed by atoms with van der Waals surface area (Å²) in [6, 6.07) is 0. The van der Waals surface area contributed by atoms with Crippen molar-refractivity contribution in [1.29, 1.82) is 0 Å². The number of hydrogen-bond donors (Lipinski definition) is 2. The van der Waals surface area contributed by atoms with E-state index in [1.807, 2.05) is 0 Å². The van der Waals surface area contributed by atoms with Crippen molar-refractivity contribution < 1.29 is 10.2 Å². The Bertz CT molecular complexity index is 799. The predicted molar refractivity (Wildman–Crippen MR) is 132 cm³/mol. The van der Waals surface area contributed by atoms with Crippen LogP contribution in [0.15, 0.2) is 11.8 Å². The molecule has 5 aliphatic rings. The van der Waals surface area contributed by atoms with Gasteiger partial charge in [-0.1, -0.05) is 48.5 Å². The Kier molecular flexibility index (Phi) is 5.10. The normalized spacial score (nSPS) is 58.3. The minimum absolute atomic E-state index is 0.0376. The van der Waals surface area contributed by atoms with Crippen LogP contribution in [0.2, 0.25) is 0 Å². The third kappa shape index (κ3) is 2.68. The SMILES string of the molecule is CC1C(=CO)CCC2(C)CCC3(C)C(CCC4C5(C)CCC(O)C(C)(C)C5CCC43C)C12. The summed E-state index contributed by atoms with van der Waals surface area (Å²) in [5.74, 6) is 3.41. The molecule has 0 spiro atoms. The molecule has 0 amide bonds. The first-order chi connectivity index (χ1) is 14.8. The highest BCUT2D eigenvalue weighted by Crippen LogP contribution is 2.76.